The van der Waals surface area contributed by atoms with Gasteiger partial charge in [-0.1, -0.05) is 81.6 Å². The molecule has 1 N–H and O–H groups in total. The SMILES string of the molecule is N#C/C(=C/c1cc(Cl)c(OCc2cccc3ccccc23)c(Cl)c1)C(=O)Nc1ccc(Br)cc1. The van der Waals surface area contributed by atoms with Gasteiger partial charge in [-0.15, -0.1) is 0 Å². The lowest BCUT2D eigenvalue weighted by molar-refractivity contribution is -0.112. The first-order valence-corrected chi connectivity index (χ1v) is 11.8. The molecule has 0 aliphatic carbocycles. The number of amides is 1. The van der Waals surface area contributed by atoms with E-state index in [0.717, 1.165) is 20.8 Å². The van der Waals surface area contributed by atoms with Gasteiger partial charge in [-0.2, -0.15) is 5.26 Å². The second-order valence-electron chi connectivity index (χ2n) is 7.37. The number of ether oxygens (including phenoxy) is 1. The van der Waals surface area contributed by atoms with E-state index in [0.29, 0.717) is 17.0 Å². The second-order valence-corrected chi connectivity index (χ2v) is 9.10. The van der Waals surface area contributed by atoms with Crippen LogP contribution in [0, 0.1) is 11.3 Å². The zero-order chi connectivity index (χ0) is 24.1. The molecule has 0 bridgehead atoms. The molecule has 0 atom stereocenters. The van der Waals surface area contributed by atoms with Crippen molar-refractivity contribution >= 4 is 67.6 Å². The highest BCUT2D eigenvalue weighted by Crippen LogP contribution is 2.36. The van der Waals surface area contributed by atoms with Crippen LogP contribution in [0.15, 0.2) is 88.9 Å². The highest BCUT2D eigenvalue weighted by atomic mass is 79.9. The van der Waals surface area contributed by atoms with Gasteiger partial charge in [-0.25, -0.2) is 0 Å². The molecule has 4 aromatic rings. The van der Waals surface area contributed by atoms with E-state index in [1.807, 2.05) is 48.5 Å². The molecule has 7 heteroatoms. The number of rotatable bonds is 6. The maximum Gasteiger partial charge on any atom is 0.266 e. The number of benzene rings is 4. The molecule has 4 aromatic carbocycles. The van der Waals surface area contributed by atoms with Crippen LogP contribution in [0.4, 0.5) is 5.69 Å². The van der Waals surface area contributed by atoms with Crippen LogP contribution in [0.1, 0.15) is 11.1 Å². The van der Waals surface area contributed by atoms with Gasteiger partial charge in [-0.3, -0.25) is 4.79 Å². The Labute approximate surface area is 215 Å². The van der Waals surface area contributed by atoms with Crippen molar-refractivity contribution < 1.29 is 9.53 Å². The number of carbonyl (C=O) groups excluding carboxylic acids is 1. The van der Waals surface area contributed by atoms with Crippen LogP contribution >= 0.6 is 39.1 Å². The summed E-state index contributed by atoms with van der Waals surface area (Å²) in [5, 5.41) is 15.0. The van der Waals surface area contributed by atoms with E-state index < -0.39 is 5.91 Å². The van der Waals surface area contributed by atoms with E-state index >= 15 is 0 Å². The number of carbonyl (C=O) groups is 1. The Hall–Kier alpha value is -3.30. The summed E-state index contributed by atoms with van der Waals surface area (Å²) >= 11 is 16.2. The van der Waals surface area contributed by atoms with Crippen molar-refractivity contribution in [3.63, 3.8) is 0 Å². The van der Waals surface area contributed by atoms with Gasteiger partial charge in [0.2, 0.25) is 0 Å². The Morgan fingerprint density at radius 2 is 1.68 bits per heavy atom. The topological polar surface area (TPSA) is 62.1 Å². The highest BCUT2D eigenvalue weighted by Gasteiger charge is 2.14. The van der Waals surface area contributed by atoms with Gasteiger partial charge in [0.05, 0.1) is 10.0 Å². The molecule has 4 nitrogen and oxygen atoms in total. The van der Waals surface area contributed by atoms with Crippen molar-refractivity contribution in [1.29, 1.82) is 5.26 Å². The quantitative estimate of drug-likeness (QED) is 0.195. The molecule has 0 fully saturated rings. The van der Waals surface area contributed by atoms with Crippen LogP contribution in [-0.4, -0.2) is 5.91 Å². The fourth-order valence-electron chi connectivity index (χ4n) is 3.42. The van der Waals surface area contributed by atoms with Gasteiger partial charge in [0, 0.05) is 10.2 Å². The predicted octanol–water partition coefficient (Wildman–Crippen LogP) is 8.03. The van der Waals surface area contributed by atoms with Crippen LogP contribution in [-0.2, 0) is 11.4 Å². The molecule has 0 saturated heterocycles. The third-order valence-electron chi connectivity index (χ3n) is 5.05. The Balaban J connectivity index is 1.53. The summed E-state index contributed by atoms with van der Waals surface area (Å²) in [5.74, 6) is -0.195. The standard InChI is InChI=1S/C27H17BrCl2N2O2/c28-21-8-10-22(11-9-21)32-27(33)20(15-31)12-17-13-24(29)26(25(30)14-17)34-16-19-6-3-5-18-4-1-2-7-23(18)19/h1-14H,16H2,(H,32,33)/b20-12-. The number of hydrogen-bond donors (Lipinski definition) is 1. The molecule has 34 heavy (non-hydrogen) atoms. The molecule has 1 amide bonds. The number of anilines is 1. The van der Waals surface area contributed by atoms with Crippen molar-refractivity contribution in [3.05, 3.63) is 110 Å². The highest BCUT2D eigenvalue weighted by molar-refractivity contribution is 9.10. The van der Waals surface area contributed by atoms with E-state index in [1.54, 1.807) is 36.4 Å². The Morgan fingerprint density at radius 3 is 2.38 bits per heavy atom. The number of nitriles is 1. The molecule has 0 unspecified atom stereocenters. The zero-order valence-corrected chi connectivity index (χ0v) is 20.8. The number of hydrogen-bond acceptors (Lipinski definition) is 3. The summed E-state index contributed by atoms with van der Waals surface area (Å²) in [7, 11) is 0. The third-order valence-corrected chi connectivity index (χ3v) is 6.14. The average molecular weight is 552 g/mol. The molecule has 0 aromatic heterocycles. The lowest BCUT2D eigenvalue weighted by atomic mass is 10.1. The lowest BCUT2D eigenvalue weighted by Crippen LogP contribution is -2.13. The van der Waals surface area contributed by atoms with Gasteiger partial charge in [0.15, 0.2) is 5.75 Å². The van der Waals surface area contributed by atoms with Gasteiger partial charge in [0.1, 0.15) is 18.2 Å². The summed E-state index contributed by atoms with van der Waals surface area (Å²) in [5.41, 5.74) is 2.00. The molecule has 0 radical (unpaired) electrons. The van der Waals surface area contributed by atoms with E-state index in [4.69, 9.17) is 27.9 Å². The molecule has 0 heterocycles. The smallest absolute Gasteiger partial charge is 0.266 e. The minimum atomic E-state index is -0.534. The Bertz CT molecular complexity index is 1420. The maximum absolute atomic E-state index is 12.5. The van der Waals surface area contributed by atoms with Crippen molar-refractivity contribution in [1.82, 2.24) is 0 Å². The van der Waals surface area contributed by atoms with Crippen molar-refractivity contribution in [2.75, 3.05) is 5.32 Å². The minimum Gasteiger partial charge on any atom is -0.486 e. The molecule has 4 rings (SSSR count). The van der Waals surface area contributed by atoms with E-state index in [2.05, 4.69) is 21.2 Å². The zero-order valence-electron chi connectivity index (χ0n) is 17.7. The minimum absolute atomic E-state index is 0.0838. The number of nitrogens with one attached hydrogen (secondary N) is 1. The Morgan fingerprint density at radius 1 is 1.00 bits per heavy atom. The molecule has 0 spiro atoms. The van der Waals surface area contributed by atoms with Gasteiger partial charge < -0.3 is 10.1 Å². The molecule has 0 aliphatic rings. The first-order valence-electron chi connectivity index (χ1n) is 10.2. The van der Waals surface area contributed by atoms with Crippen LogP contribution in [0.2, 0.25) is 10.0 Å². The van der Waals surface area contributed by atoms with Crippen molar-refractivity contribution in [3.8, 4) is 11.8 Å². The fourth-order valence-corrected chi connectivity index (χ4v) is 4.29. The van der Waals surface area contributed by atoms with Gasteiger partial charge >= 0.3 is 0 Å². The summed E-state index contributed by atoms with van der Waals surface area (Å²) in [4.78, 5) is 12.5. The largest absolute Gasteiger partial charge is 0.486 e. The first-order chi connectivity index (χ1) is 16.4. The van der Waals surface area contributed by atoms with Crippen LogP contribution in [0.25, 0.3) is 16.8 Å². The summed E-state index contributed by atoms with van der Waals surface area (Å²) in [6.07, 6.45) is 1.43. The van der Waals surface area contributed by atoms with E-state index in [1.165, 1.54) is 6.08 Å². The van der Waals surface area contributed by atoms with E-state index in [9.17, 15) is 10.1 Å². The lowest BCUT2D eigenvalue weighted by Gasteiger charge is -2.13. The fraction of sp³-hybridized carbons (Fsp3) is 0.0370. The molecule has 168 valence electrons. The van der Waals surface area contributed by atoms with Crippen LogP contribution < -0.4 is 10.1 Å². The number of nitrogens with zero attached hydrogens (tertiary/aromatic N) is 1. The molecular formula is C27H17BrCl2N2O2. The first kappa shape index (κ1) is 23.8. The predicted molar refractivity (Wildman–Crippen MR) is 141 cm³/mol. The van der Waals surface area contributed by atoms with Crippen LogP contribution in [0.3, 0.4) is 0 Å². The summed E-state index contributed by atoms with van der Waals surface area (Å²) in [6, 6.07) is 26.2. The van der Waals surface area contributed by atoms with Crippen molar-refractivity contribution in [2.24, 2.45) is 0 Å². The van der Waals surface area contributed by atoms with E-state index in [-0.39, 0.29) is 22.2 Å². The maximum atomic E-state index is 12.5. The number of halogens is 3. The Kier molecular flexibility index (Phi) is 7.54. The monoisotopic (exact) mass is 550 g/mol. The van der Waals surface area contributed by atoms with Gasteiger partial charge in [-0.05, 0) is 64.4 Å². The number of fused-ring (bicyclic) bond motifs is 1. The van der Waals surface area contributed by atoms with Gasteiger partial charge in [0.25, 0.3) is 5.91 Å². The third kappa shape index (κ3) is 5.60. The normalized spacial score (nSPS) is 11.2. The molecular weight excluding hydrogens is 535 g/mol. The molecule has 0 aliphatic heterocycles. The summed E-state index contributed by atoms with van der Waals surface area (Å²) < 4.78 is 6.83. The van der Waals surface area contributed by atoms with Crippen LogP contribution in [0.5, 0.6) is 5.75 Å². The second kappa shape index (κ2) is 10.8. The van der Waals surface area contributed by atoms with Crippen molar-refractivity contribution in [2.45, 2.75) is 6.61 Å². The summed E-state index contributed by atoms with van der Waals surface area (Å²) in [6.45, 7) is 0.287. The molecule has 0 saturated carbocycles. The average Bonchev–Trinajstić information content (AvgIpc) is 2.83.